The minimum Gasteiger partial charge on any atom is -0.490 e. The van der Waals surface area contributed by atoms with Gasteiger partial charge in [0.05, 0.1) is 31.7 Å². The minimum absolute atomic E-state index is 0.0871. The summed E-state index contributed by atoms with van der Waals surface area (Å²) in [5.41, 5.74) is 1.86. The van der Waals surface area contributed by atoms with Crippen LogP contribution in [0.15, 0.2) is 42.5 Å². The normalized spacial score (nSPS) is 11.5. The van der Waals surface area contributed by atoms with Gasteiger partial charge in [-0.2, -0.15) is 5.26 Å². The highest BCUT2D eigenvalue weighted by Crippen LogP contribution is 2.33. The number of hydrogen-bond acceptors (Lipinski definition) is 5. The molecule has 30 heavy (non-hydrogen) atoms. The third-order valence-corrected chi connectivity index (χ3v) is 4.49. The Labute approximate surface area is 178 Å². The lowest BCUT2D eigenvalue weighted by Gasteiger charge is -2.24. The van der Waals surface area contributed by atoms with Crippen LogP contribution in [-0.2, 0) is 11.2 Å². The van der Waals surface area contributed by atoms with Gasteiger partial charge in [0.2, 0.25) is 0 Å². The summed E-state index contributed by atoms with van der Waals surface area (Å²) in [6.45, 7) is 8.96. The maximum Gasteiger partial charge on any atom is 0.258 e. The topological polar surface area (TPSA) is 80.6 Å². The monoisotopic (exact) mass is 410 g/mol. The van der Waals surface area contributed by atoms with Crippen molar-refractivity contribution in [1.82, 2.24) is 5.32 Å². The standard InChI is InChI=1S/C24H30N2O4/c1-5-28-21-12-9-19(15-22(21)29-6-2)24(17(3)4)26-23(27)16-30-20-10-7-18(8-11-20)13-14-25/h7-12,15,17,24H,5-6,13,16H2,1-4H3,(H,26,27)/t24-/m0/s1. The molecule has 2 aromatic carbocycles. The first-order valence-electron chi connectivity index (χ1n) is 10.3. The Morgan fingerprint density at radius 1 is 1.00 bits per heavy atom. The summed E-state index contributed by atoms with van der Waals surface area (Å²) in [5, 5.41) is 11.8. The molecule has 0 radical (unpaired) electrons. The largest absolute Gasteiger partial charge is 0.490 e. The molecule has 0 spiro atoms. The van der Waals surface area contributed by atoms with Crippen LogP contribution in [0.25, 0.3) is 0 Å². The molecule has 0 saturated carbocycles. The number of carbonyl (C=O) groups is 1. The quantitative estimate of drug-likeness (QED) is 0.592. The first-order chi connectivity index (χ1) is 14.5. The predicted octanol–water partition coefficient (Wildman–Crippen LogP) is 4.44. The van der Waals surface area contributed by atoms with Crippen molar-refractivity contribution in [3.8, 4) is 23.3 Å². The number of carbonyl (C=O) groups excluding carboxylic acids is 1. The summed E-state index contributed by atoms with van der Waals surface area (Å²) in [4.78, 5) is 12.5. The summed E-state index contributed by atoms with van der Waals surface area (Å²) in [6, 6.07) is 14.8. The molecule has 1 amide bonds. The van der Waals surface area contributed by atoms with Crippen molar-refractivity contribution in [2.24, 2.45) is 5.92 Å². The molecule has 0 aliphatic carbocycles. The Kier molecular flexibility index (Phi) is 9.02. The van der Waals surface area contributed by atoms with Gasteiger partial charge in [0, 0.05) is 0 Å². The Morgan fingerprint density at radius 3 is 2.27 bits per heavy atom. The van der Waals surface area contributed by atoms with E-state index in [1.54, 1.807) is 12.1 Å². The predicted molar refractivity (Wildman–Crippen MR) is 116 cm³/mol. The number of ether oxygens (including phenoxy) is 3. The summed E-state index contributed by atoms with van der Waals surface area (Å²) in [5.74, 6) is 1.92. The van der Waals surface area contributed by atoms with Crippen LogP contribution in [0.5, 0.6) is 17.2 Å². The first-order valence-corrected chi connectivity index (χ1v) is 10.3. The molecular formula is C24H30N2O4. The molecule has 160 valence electrons. The van der Waals surface area contributed by atoms with E-state index in [0.717, 1.165) is 11.1 Å². The summed E-state index contributed by atoms with van der Waals surface area (Å²) < 4.78 is 16.9. The van der Waals surface area contributed by atoms with Crippen LogP contribution in [0.3, 0.4) is 0 Å². The lowest BCUT2D eigenvalue weighted by Crippen LogP contribution is -2.35. The van der Waals surface area contributed by atoms with Gasteiger partial charge in [-0.15, -0.1) is 0 Å². The lowest BCUT2D eigenvalue weighted by molar-refractivity contribution is -0.124. The number of benzene rings is 2. The average Bonchev–Trinajstić information content (AvgIpc) is 2.73. The van der Waals surface area contributed by atoms with Crippen molar-refractivity contribution >= 4 is 5.91 Å². The molecule has 0 bridgehead atoms. The third kappa shape index (κ3) is 6.70. The Balaban J connectivity index is 2.05. The van der Waals surface area contributed by atoms with Crippen LogP contribution in [0, 0.1) is 17.2 Å². The van der Waals surface area contributed by atoms with Crippen LogP contribution in [-0.4, -0.2) is 25.7 Å². The Bertz CT molecular complexity index is 856. The molecule has 0 aliphatic heterocycles. The molecule has 0 aliphatic rings. The molecule has 0 saturated heterocycles. The molecule has 0 heterocycles. The fourth-order valence-electron chi connectivity index (χ4n) is 3.05. The number of nitriles is 1. The molecule has 0 fully saturated rings. The molecule has 6 nitrogen and oxygen atoms in total. The van der Waals surface area contributed by atoms with Crippen LogP contribution < -0.4 is 19.5 Å². The van der Waals surface area contributed by atoms with E-state index in [9.17, 15) is 4.79 Å². The van der Waals surface area contributed by atoms with Crippen LogP contribution >= 0.6 is 0 Å². The van der Waals surface area contributed by atoms with Crippen LogP contribution in [0.4, 0.5) is 0 Å². The van der Waals surface area contributed by atoms with Crippen LogP contribution in [0.2, 0.25) is 0 Å². The van der Waals surface area contributed by atoms with Crippen molar-refractivity contribution in [1.29, 1.82) is 5.26 Å². The van der Waals surface area contributed by atoms with E-state index >= 15 is 0 Å². The smallest absolute Gasteiger partial charge is 0.258 e. The molecule has 6 heteroatoms. The average molecular weight is 411 g/mol. The maximum absolute atomic E-state index is 12.5. The van der Waals surface area contributed by atoms with Gasteiger partial charge in [-0.05, 0) is 55.2 Å². The molecule has 0 aromatic heterocycles. The van der Waals surface area contributed by atoms with E-state index in [1.807, 2.05) is 44.2 Å². The van der Waals surface area contributed by atoms with Gasteiger partial charge in [-0.1, -0.05) is 32.0 Å². The van der Waals surface area contributed by atoms with E-state index in [1.165, 1.54) is 0 Å². The number of rotatable bonds is 11. The van der Waals surface area contributed by atoms with E-state index < -0.39 is 0 Å². The number of amides is 1. The van der Waals surface area contributed by atoms with E-state index in [0.29, 0.717) is 36.9 Å². The highest BCUT2D eigenvalue weighted by atomic mass is 16.5. The highest BCUT2D eigenvalue weighted by molar-refractivity contribution is 5.78. The zero-order chi connectivity index (χ0) is 21.9. The van der Waals surface area contributed by atoms with Gasteiger partial charge < -0.3 is 19.5 Å². The van der Waals surface area contributed by atoms with Crippen molar-refractivity contribution in [2.75, 3.05) is 19.8 Å². The Hall–Kier alpha value is -3.20. The number of hydrogen-bond donors (Lipinski definition) is 1. The SMILES string of the molecule is CCOc1ccc([C@@H](NC(=O)COc2ccc(CC#N)cc2)C(C)C)cc1OCC. The maximum atomic E-state index is 12.5. The summed E-state index contributed by atoms with van der Waals surface area (Å²) in [6.07, 6.45) is 0.350. The first kappa shape index (κ1) is 23.1. The van der Waals surface area contributed by atoms with Crippen molar-refractivity contribution < 1.29 is 19.0 Å². The molecule has 2 rings (SSSR count). The second kappa shape index (κ2) is 11.7. The zero-order valence-electron chi connectivity index (χ0n) is 18.1. The molecular weight excluding hydrogens is 380 g/mol. The molecule has 0 unspecified atom stereocenters. The van der Waals surface area contributed by atoms with Gasteiger partial charge in [-0.3, -0.25) is 4.79 Å². The molecule has 1 N–H and O–H groups in total. The fourth-order valence-corrected chi connectivity index (χ4v) is 3.05. The van der Waals surface area contributed by atoms with Crippen molar-refractivity contribution in [3.05, 3.63) is 53.6 Å². The van der Waals surface area contributed by atoms with E-state index in [2.05, 4.69) is 25.2 Å². The third-order valence-electron chi connectivity index (χ3n) is 4.49. The summed E-state index contributed by atoms with van der Waals surface area (Å²) >= 11 is 0. The van der Waals surface area contributed by atoms with E-state index in [4.69, 9.17) is 19.5 Å². The highest BCUT2D eigenvalue weighted by Gasteiger charge is 2.20. The van der Waals surface area contributed by atoms with Gasteiger partial charge >= 0.3 is 0 Å². The molecule has 1 atom stereocenters. The second-order valence-corrected chi connectivity index (χ2v) is 7.13. The van der Waals surface area contributed by atoms with Crippen molar-refractivity contribution in [2.45, 2.75) is 40.2 Å². The summed E-state index contributed by atoms with van der Waals surface area (Å²) in [7, 11) is 0. The lowest BCUT2D eigenvalue weighted by atomic mass is 9.95. The van der Waals surface area contributed by atoms with Gasteiger partial charge in [0.25, 0.3) is 5.91 Å². The second-order valence-electron chi connectivity index (χ2n) is 7.13. The van der Waals surface area contributed by atoms with E-state index in [-0.39, 0.29) is 24.5 Å². The van der Waals surface area contributed by atoms with Crippen molar-refractivity contribution in [3.63, 3.8) is 0 Å². The number of nitrogens with zero attached hydrogens (tertiary/aromatic N) is 1. The van der Waals surface area contributed by atoms with Crippen LogP contribution in [0.1, 0.15) is 44.9 Å². The Morgan fingerprint density at radius 2 is 1.67 bits per heavy atom. The van der Waals surface area contributed by atoms with Gasteiger partial charge in [-0.25, -0.2) is 0 Å². The number of nitrogens with one attached hydrogen (secondary N) is 1. The van der Waals surface area contributed by atoms with Gasteiger partial charge in [0.15, 0.2) is 18.1 Å². The van der Waals surface area contributed by atoms with Gasteiger partial charge in [0.1, 0.15) is 5.75 Å². The zero-order valence-corrected chi connectivity index (χ0v) is 18.1. The fraction of sp³-hybridized carbons (Fsp3) is 0.417. The molecule has 2 aromatic rings. The minimum atomic E-state index is -0.207.